The Morgan fingerprint density at radius 3 is 2.47 bits per heavy atom. The lowest BCUT2D eigenvalue weighted by atomic mass is 10.1. The maximum atomic E-state index is 5.39. The first kappa shape index (κ1) is 12.4. The number of rotatable bonds is 4. The van der Waals surface area contributed by atoms with E-state index in [1.807, 2.05) is 12.1 Å². The van der Waals surface area contributed by atoms with Gasteiger partial charge in [-0.2, -0.15) is 0 Å². The summed E-state index contributed by atoms with van der Waals surface area (Å²) in [5.74, 6) is 0.919. The minimum Gasteiger partial charge on any atom is -0.497 e. The van der Waals surface area contributed by atoms with Crippen LogP contribution in [0.15, 0.2) is 24.3 Å². The van der Waals surface area contributed by atoms with Crippen molar-refractivity contribution in [3.63, 3.8) is 0 Å². The smallest absolute Gasteiger partial charge is 0.118 e. The largest absolute Gasteiger partial charge is 0.497 e. The molecule has 0 amide bonds. The van der Waals surface area contributed by atoms with Crippen LogP contribution in [0, 0.1) is 0 Å². The molecule has 3 heteroatoms. The minimum atomic E-state index is 0.658. The summed E-state index contributed by atoms with van der Waals surface area (Å²) >= 11 is 0. The molecule has 0 spiro atoms. The van der Waals surface area contributed by atoms with Gasteiger partial charge in [-0.1, -0.05) is 12.1 Å². The maximum Gasteiger partial charge on any atom is 0.118 e. The molecule has 1 aliphatic heterocycles. The van der Waals surface area contributed by atoms with Gasteiger partial charge in [-0.3, -0.25) is 4.90 Å². The highest BCUT2D eigenvalue weighted by molar-refractivity contribution is 5.27. The van der Waals surface area contributed by atoms with Crippen LogP contribution in [0.5, 0.6) is 5.75 Å². The van der Waals surface area contributed by atoms with E-state index in [0.29, 0.717) is 6.04 Å². The Kier molecular flexibility index (Phi) is 4.40. The highest BCUT2D eigenvalue weighted by atomic mass is 16.5. The third-order valence-electron chi connectivity index (χ3n) is 3.41. The quantitative estimate of drug-likeness (QED) is 0.799. The van der Waals surface area contributed by atoms with Crippen molar-refractivity contribution in [1.29, 1.82) is 0 Å². The molecule has 0 aromatic heterocycles. The maximum absolute atomic E-state index is 5.39. The van der Waals surface area contributed by atoms with Gasteiger partial charge < -0.3 is 9.47 Å². The first-order valence-corrected chi connectivity index (χ1v) is 6.20. The van der Waals surface area contributed by atoms with Crippen LogP contribution in [0.25, 0.3) is 0 Å². The molecule has 1 aromatic rings. The fourth-order valence-corrected chi connectivity index (χ4v) is 2.27. The molecule has 2 rings (SSSR count). The average molecular weight is 235 g/mol. The SMILES string of the molecule is COc1ccc(CN(C)C2CCOCC2)cc1. The zero-order chi connectivity index (χ0) is 12.1. The normalized spacial score (nSPS) is 17.4. The van der Waals surface area contributed by atoms with Crippen LogP contribution in [0.3, 0.4) is 0 Å². The summed E-state index contributed by atoms with van der Waals surface area (Å²) in [7, 11) is 3.89. The molecule has 94 valence electrons. The second kappa shape index (κ2) is 6.03. The lowest BCUT2D eigenvalue weighted by Gasteiger charge is -2.31. The molecule has 3 nitrogen and oxygen atoms in total. The van der Waals surface area contributed by atoms with Gasteiger partial charge in [0.05, 0.1) is 7.11 Å². The Bertz CT molecular complexity index is 331. The van der Waals surface area contributed by atoms with Crippen LogP contribution in [0.4, 0.5) is 0 Å². The summed E-state index contributed by atoms with van der Waals surface area (Å²) in [4.78, 5) is 2.42. The topological polar surface area (TPSA) is 21.7 Å². The molecule has 0 unspecified atom stereocenters. The van der Waals surface area contributed by atoms with Crippen molar-refractivity contribution in [2.24, 2.45) is 0 Å². The lowest BCUT2D eigenvalue weighted by Crippen LogP contribution is -2.36. The Morgan fingerprint density at radius 1 is 1.24 bits per heavy atom. The molecule has 0 N–H and O–H groups in total. The van der Waals surface area contributed by atoms with E-state index in [0.717, 1.165) is 38.3 Å². The van der Waals surface area contributed by atoms with E-state index in [-0.39, 0.29) is 0 Å². The van der Waals surface area contributed by atoms with Crippen molar-refractivity contribution < 1.29 is 9.47 Å². The van der Waals surface area contributed by atoms with Crippen LogP contribution >= 0.6 is 0 Å². The zero-order valence-electron chi connectivity index (χ0n) is 10.7. The van der Waals surface area contributed by atoms with E-state index in [1.165, 1.54) is 5.56 Å². The predicted molar refractivity (Wildman–Crippen MR) is 68.3 cm³/mol. The van der Waals surface area contributed by atoms with E-state index >= 15 is 0 Å². The van der Waals surface area contributed by atoms with Crippen LogP contribution < -0.4 is 4.74 Å². The molecular weight excluding hydrogens is 214 g/mol. The molecule has 1 heterocycles. The predicted octanol–water partition coefficient (Wildman–Crippen LogP) is 2.31. The zero-order valence-corrected chi connectivity index (χ0v) is 10.7. The summed E-state index contributed by atoms with van der Waals surface area (Å²) < 4.78 is 10.5. The van der Waals surface area contributed by atoms with E-state index < -0.39 is 0 Å². The third-order valence-corrected chi connectivity index (χ3v) is 3.41. The molecule has 0 bridgehead atoms. The van der Waals surface area contributed by atoms with Crippen LogP contribution in [-0.4, -0.2) is 38.3 Å². The molecule has 1 aromatic carbocycles. The Morgan fingerprint density at radius 2 is 1.88 bits per heavy atom. The van der Waals surface area contributed by atoms with Crippen LogP contribution in [0.1, 0.15) is 18.4 Å². The average Bonchev–Trinajstić information content (AvgIpc) is 2.40. The Hall–Kier alpha value is -1.06. The third kappa shape index (κ3) is 3.45. The van der Waals surface area contributed by atoms with Gasteiger partial charge >= 0.3 is 0 Å². The highest BCUT2D eigenvalue weighted by Gasteiger charge is 2.18. The van der Waals surface area contributed by atoms with E-state index in [9.17, 15) is 0 Å². The van der Waals surface area contributed by atoms with Crippen molar-refractivity contribution in [2.75, 3.05) is 27.4 Å². The molecule has 0 radical (unpaired) electrons. The van der Waals surface area contributed by atoms with Crippen LogP contribution in [0.2, 0.25) is 0 Å². The summed E-state index contributed by atoms with van der Waals surface area (Å²) in [6.07, 6.45) is 2.29. The van der Waals surface area contributed by atoms with Crippen molar-refractivity contribution in [3.8, 4) is 5.75 Å². The van der Waals surface area contributed by atoms with Gasteiger partial charge in [-0.25, -0.2) is 0 Å². The van der Waals surface area contributed by atoms with E-state index in [2.05, 4.69) is 24.1 Å². The summed E-state index contributed by atoms with van der Waals surface area (Å²) in [5, 5.41) is 0. The van der Waals surface area contributed by atoms with Gasteiger partial charge in [-0.15, -0.1) is 0 Å². The van der Waals surface area contributed by atoms with Crippen molar-refractivity contribution in [3.05, 3.63) is 29.8 Å². The lowest BCUT2D eigenvalue weighted by molar-refractivity contribution is 0.0407. The number of nitrogens with zero attached hydrogens (tertiary/aromatic N) is 1. The number of hydrogen-bond acceptors (Lipinski definition) is 3. The van der Waals surface area contributed by atoms with Gasteiger partial charge in [0.25, 0.3) is 0 Å². The molecule has 1 fully saturated rings. The molecule has 0 atom stereocenters. The van der Waals surface area contributed by atoms with Crippen molar-refractivity contribution in [1.82, 2.24) is 4.90 Å². The van der Waals surface area contributed by atoms with Gasteiger partial charge in [0, 0.05) is 25.8 Å². The van der Waals surface area contributed by atoms with E-state index in [1.54, 1.807) is 7.11 Å². The second-order valence-electron chi connectivity index (χ2n) is 4.61. The number of hydrogen-bond donors (Lipinski definition) is 0. The van der Waals surface area contributed by atoms with Gasteiger partial charge in [0.2, 0.25) is 0 Å². The van der Waals surface area contributed by atoms with Crippen molar-refractivity contribution in [2.45, 2.75) is 25.4 Å². The summed E-state index contributed by atoms with van der Waals surface area (Å²) in [6.45, 7) is 2.80. The standard InChI is InChI=1S/C14H21NO2/c1-15(13-7-9-17-10-8-13)11-12-3-5-14(16-2)6-4-12/h3-6,13H,7-11H2,1-2H3. The fourth-order valence-electron chi connectivity index (χ4n) is 2.27. The Balaban J connectivity index is 1.89. The van der Waals surface area contributed by atoms with Gasteiger partial charge in [0.15, 0.2) is 0 Å². The summed E-state index contributed by atoms with van der Waals surface area (Å²) in [6, 6.07) is 8.97. The van der Waals surface area contributed by atoms with E-state index in [4.69, 9.17) is 9.47 Å². The van der Waals surface area contributed by atoms with Gasteiger partial charge in [-0.05, 0) is 37.6 Å². The molecule has 1 saturated heterocycles. The van der Waals surface area contributed by atoms with Crippen LogP contribution in [-0.2, 0) is 11.3 Å². The van der Waals surface area contributed by atoms with Crippen molar-refractivity contribution >= 4 is 0 Å². The minimum absolute atomic E-state index is 0.658. The molecular formula is C14H21NO2. The highest BCUT2D eigenvalue weighted by Crippen LogP contribution is 2.17. The Labute approximate surface area is 103 Å². The summed E-state index contributed by atoms with van der Waals surface area (Å²) in [5.41, 5.74) is 1.33. The number of methoxy groups -OCH3 is 1. The molecule has 0 saturated carbocycles. The van der Waals surface area contributed by atoms with Gasteiger partial charge in [0.1, 0.15) is 5.75 Å². The molecule has 1 aliphatic rings. The first-order chi connectivity index (χ1) is 8.29. The first-order valence-electron chi connectivity index (χ1n) is 6.20. The monoisotopic (exact) mass is 235 g/mol. The number of benzene rings is 1. The number of ether oxygens (including phenoxy) is 2. The fraction of sp³-hybridized carbons (Fsp3) is 0.571. The molecule has 0 aliphatic carbocycles. The second-order valence-corrected chi connectivity index (χ2v) is 4.61. The molecule has 17 heavy (non-hydrogen) atoms.